The predicted molar refractivity (Wildman–Crippen MR) is 69.8 cm³/mol. The molecule has 0 fully saturated rings. The quantitative estimate of drug-likeness (QED) is 0.858. The highest BCUT2D eigenvalue weighted by atomic mass is 79.9. The molecule has 2 rings (SSSR count). The summed E-state index contributed by atoms with van der Waals surface area (Å²) in [4.78, 5) is 0. The number of nitriles is 1. The number of hydrogen-bond acceptors (Lipinski definition) is 3. The largest absolute Gasteiger partial charge is 0.455 e. The Hall–Kier alpha value is -1.99. The number of rotatable bonds is 2. The minimum absolute atomic E-state index is 0.551. The van der Waals surface area contributed by atoms with Gasteiger partial charge in [0.15, 0.2) is 5.75 Å². The first kappa shape index (κ1) is 11.5. The van der Waals surface area contributed by atoms with Gasteiger partial charge in [0.05, 0.1) is 17.3 Å². The molecule has 0 aliphatic rings. The van der Waals surface area contributed by atoms with Crippen LogP contribution < -0.4 is 10.5 Å². The lowest BCUT2D eigenvalue weighted by Gasteiger charge is -2.08. The van der Waals surface area contributed by atoms with E-state index in [0.29, 0.717) is 22.7 Å². The number of ether oxygens (including phenoxy) is 1. The average Bonchev–Trinajstić information content (AvgIpc) is 2.34. The van der Waals surface area contributed by atoms with Crippen LogP contribution in [0.25, 0.3) is 0 Å². The summed E-state index contributed by atoms with van der Waals surface area (Å²) < 4.78 is 6.51. The minimum Gasteiger partial charge on any atom is -0.455 e. The molecule has 0 aromatic heterocycles. The molecule has 3 nitrogen and oxygen atoms in total. The Morgan fingerprint density at radius 1 is 1.18 bits per heavy atom. The van der Waals surface area contributed by atoms with Crippen LogP contribution in [0.15, 0.2) is 46.9 Å². The Bertz CT molecular complexity index is 590. The molecule has 0 aliphatic carbocycles. The Labute approximate surface area is 108 Å². The Kier molecular flexibility index (Phi) is 3.31. The van der Waals surface area contributed by atoms with Crippen LogP contribution in [0.4, 0.5) is 5.69 Å². The maximum atomic E-state index is 8.79. The van der Waals surface area contributed by atoms with Gasteiger partial charge in [-0.1, -0.05) is 22.0 Å². The Balaban J connectivity index is 2.31. The van der Waals surface area contributed by atoms with Crippen molar-refractivity contribution in [2.75, 3.05) is 5.73 Å². The first-order valence-corrected chi connectivity index (χ1v) is 5.71. The molecule has 0 unspecified atom stereocenters. The first-order chi connectivity index (χ1) is 8.19. The van der Waals surface area contributed by atoms with Crippen molar-refractivity contribution in [2.24, 2.45) is 0 Å². The summed E-state index contributed by atoms with van der Waals surface area (Å²) in [6.45, 7) is 0. The van der Waals surface area contributed by atoms with E-state index < -0.39 is 0 Å². The highest BCUT2D eigenvalue weighted by Gasteiger charge is 2.03. The van der Waals surface area contributed by atoms with Crippen LogP contribution in [0.5, 0.6) is 11.5 Å². The SMILES string of the molecule is N#Cc1cccc(Oc2cc(Br)ccc2N)c1. The molecule has 0 heterocycles. The molecule has 0 bridgehead atoms. The van der Waals surface area contributed by atoms with Gasteiger partial charge in [0.2, 0.25) is 0 Å². The van der Waals surface area contributed by atoms with Gasteiger partial charge in [-0.2, -0.15) is 5.26 Å². The van der Waals surface area contributed by atoms with Crippen molar-refractivity contribution >= 4 is 21.6 Å². The van der Waals surface area contributed by atoms with Crippen molar-refractivity contribution in [3.8, 4) is 17.6 Å². The fourth-order valence-corrected chi connectivity index (χ4v) is 1.69. The van der Waals surface area contributed by atoms with Crippen LogP contribution in [0.1, 0.15) is 5.56 Å². The van der Waals surface area contributed by atoms with Crippen molar-refractivity contribution < 1.29 is 4.74 Å². The van der Waals surface area contributed by atoms with E-state index in [4.69, 9.17) is 15.7 Å². The molecule has 0 saturated heterocycles. The Morgan fingerprint density at radius 3 is 2.76 bits per heavy atom. The van der Waals surface area contributed by atoms with Gasteiger partial charge in [-0.25, -0.2) is 0 Å². The standard InChI is InChI=1S/C13H9BrN2O/c14-10-4-5-12(16)13(7-10)17-11-3-1-2-9(6-11)8-15/h1-7H,16H2. The fraction of sp³-hybridized carbons (Fsp3) is 0. The molecule has 2 N–H and O–H groups in total. The normalized spacial score (nSPS) is 9.65. The van der Waals surface area contributed by atoms with Crippen LogP contribution in [-0.2, 0) is 0 Å². The van der Waals surface area contributed by atoms with Crippen molar-refractivity contribution in [3.05, 3.63) is 52.5 Å². The van der Waals surface area contributed by atoms with Crippen molar-refractivity contribution in [1.29, 1.82) is 5.26 Å². The molecule has 0 spiro atoms. The van der Waals surface area contributed by atoms with Gasteiger partial charge in [-0.3, -0.25) is 0 Å². The monoisotopic (exact) mass is 288 g/mol. The summed E-state index contributed by atoms with van der Waals surface area (Å²) in [6, 6.07) is 14.4. The zero-order valence-electron chi connectivity index (χ0n) is 8.85. The van der Waals surface area contributed by atoms with E-state index in [0.717, 1.165) is 4.47 Å². The number of halogens is 1. The summed E-state index contributed by atoms with van der Waals surface area (Å²) in [5, 5.41) is 8.79. The van der Waals surface area contributed by atoms with E-state index in [1.807, 2.05) is 6.07 Å². The number of nitrogen functional groups attached to an aromatic ring is 1. The molecule has 84 valence electrons. The second-order valence-electron chi connectivity index (χ2n) is 3.42. The van der Waals surface area contributed by atoms with Crippen LogP contribution >= 0.6 is 15.9 Å². The third kappa shape index (κ3) is 2.77. The summed E-state index contributed by atoms with van der Waals surface area (Å²) in [6.07, 6.45) is 0. The summed E-state index contributed by atoms with van der Waals surface area (Å²) in [7, 11) is 0. The number of benzene rings is 2. The molecule has 2 aromatic rings. The number of hydrogen-bond donors (Lipinski definition) is 1. The van der Waals surface area contributed by atoms with Gasteiger partial charge in [0, 0.05) is 4.47 Å². The van der Waals surface area contributed by atoms with Gasteiger partial charge < -0.3 is 10.5 Å². The minimum atomic E-state index is 0.551. The lowest BCUT2D eigenvalue weighted by molar-refractivity contribution is 0.484. The van der Waals surface area contributed by atoms with Gasteiger partial charge >= 0.3 is 0 Å². The average molecular weight is 289 g/mol. The van der Waals surface area contributed by atoms with Crippen LogP contribution in [-0.4, -0.2) is 0 Å². The molecular formula is C13H9BrN2O. The highest BCUT2D eigenvalue weighted by molar-refractivity contribution is 9.10. The van der Waals surface area contributed by atoms with Crippen LogP contribution in [0.3, 0.4) is 0 Å². The number of anilines is 1. The maximum Gasteiger partial charge on any atom is 0.151 e. The molecule has 17 heavy (non-hydrogen) atoms. The number of nitrogens with zero attached hydrogens (tertiary/aromatic N) is 1. The van der Waals surface area contributed by atoms with Gasteiger partial charge in [-0.15, -0.1) is 0 Å². The first-order valence-electron chi connectivity index (χ1n) is 4.92. The van der Waals surface area contributed by atoms with E-state index in [2.05, 4.69) is 22.0 Å². The molecule has 0 saturated carbocycles. The van der Waals surface area contributed by atoms with E-state index in [1.54, 1.807) is 36.4 Å². The fourth-order valence-electron chi connectivity index (χ4n) is 1.35. The molecule has 2 aromatic carbocycles. The second kappa shape index (κ2) is 4.89. The molecule has 0 aliphatic heterocycles. The molecule has 0 amide bonds. The van der Waals surface area contributed by atoms with Crippen molar-refractivity contribution in [2.45, 2.75) is 0 Å². The topological polar surface area (TPSA) is 59.0 Å². The third-order valence-electron chi connectivity index (χ3n) is 2.17. The lowest BCUT2D eigenvalue weighted by atomic mass is 10.2. The highest BCUT2D eigenvalue weighted by Crippen LogP contribution is 2.30. The van der Waals surface area contributed by atoms with Crippen molar-refractivity contribution in [1.82, 2.24) is 0 Å². The van der Waals surface area contributed by atoms with Crippen molar-refractivity contribution in [3.63, 3.8) is 0 Å². The summed E-state index contributed by atoms with van der Waals surface area (Å²) in [5.41, 5.74) is 6.90. The third-order valence-corrected chi connectivity index (χ3v) is 2.66. The zero-order valence-corrected chi connectivity index (χ0v) is 10.4. The van der Waals surface area contributed by atoms with Gasteiger partial charge in [-0.05, 0) is 36.4 Å². The molecule has 0 radical (unpaired) electrons. The van der Waals surface area contributed by atoms with E-state index >= 15 is 0 Å². The maximum absolute atomic E-state index is 8.79. The predicted octanol–water partition coefficient (Wildman–Crippen LogP) is 3.70. The van der Waals surface area contributed by atoms with Gasteiger partial charge in [0.1, 0.15) is 5.75 Å². The van der Waals surface area contributed by atoms with E-state index in [-0.39, 0.29) is 0 Å². The van der Waals surface area contributed by atoms with Gasteiger partial charge in [0.25, 0.3) is 0 Å². The second-order valence-corrected chi connectivity index (χ2v) is 4.34. The summed E-state index contributed by atoms with van der Waals surface area (Å²) in [5.74, 6) is 1.16. The van der Waals surface area contributed by atoms with E-state index in [9.17, 15) is 0 Å². The van der Waals surface area contributed by atoms with Crippen LogP contribution in [0, 0.1) is 11.3 Å². The lowest BCUT2D eigenvalue weighted by Crippen LogP contribution is -1.92. The molecule has 0 atom stereocenters. The number of nitrogens with two attached hydrogens (primary N) is 1. The van der Waals surface area contributed by atoms with E-state index in [1.165, 1.54) is 0 Å². The Morgan fingerprint density at radius 2 is 2.00 bits per heavy atom. The zero-order chi connectivity index (χ0) is 12.3. The molecule has 4 heteroatoms. The molecular weight excluding hydrogens is 280 g/mol. The smallest absolute Gasteiger partial charge is 0.151 e. The van der Waals surface area contributed by atoms with Crippen LogP contribution in [0.2, 0.25) is 0 Å². The summed E-state index contributed by atoms with van der Waals surface area (Å²) >= 11 is 3.35.